The number of halogens is 6. The van der Waals surface area contributed by atoms with Gasteiger partial charge in [0.25, 0.3) is 0 Å². The van der Waals surface area contributed by atoms with Crippen molar-refractivity contribution in [1.29, 1.82) is 0 Å². The Kier molecular flexibility index (Phi) is 9.39. The Bertz CT molecular complexity index is 1770. The minimum atomic E-state index is -5.20. The van der Waals surface area contributed by atoms with Crippen LogP contribution in [-0.2, 0) is 33.2 Å². The molecule has 2 saturated heterocycles. The van der Waals surface area contributed by atoms with Crippen molar-refractivity contribution in [2.45, 2.75) is 50.6 Å². The third-order valence-corrected chi connectivity index (χ3v) is 9.30. The second-order valence-corrected chi connectivity index (χ2v) is 12.3. The highest BCUT2D eigenvalue weighted by molar-refractivity contribution is 6.43. The van der Waals surface area contributed by atoms with E-state index in [0.717, 1.165) is 11.1 Å². The van der Waals surface area contributed by atoms with Gasteiger partial charge in [0, 0.05) is 0 Å². The molecule has 258 valence electrons. The average molecular weight is 689 g/mol. The molecule has 2 amide bonds. The minimum absolute atomic E-state index is 0.0832. The predicted octanol–water partition coefficient (Wildman–Crippen LogP) is 6.12. The predicted molar refractivity (Wildman–Crippen MR) is 164 cm³/mol. The van der Waals surface area contributed by atoms with Gasteiger partial charge < -0.3 is 24.3 Å². The van der Waals surface area contributed by atoms with Gasteiger partial charge in [0.15, 0.2) is 0 Å². The normalized spacial score (nSPS) is 23.3. The Hall–Kier alpha value is -4.18. The first-order chi connectivity index (χ1) is 23.2. The summed E-state index contributed by atoms with van der Waals surface area (Å²) in [5.74, 6) is -4.43. The molecule has 2 aromatic carbocycles. The molecule has 3 aliphatic rings. The lowest BCUT2D eigenvalue weighted by Gasteiger charge is -2.43. The summed E-state index contributed by atoms with van der Waals surface area (Å²) >= 11 is 0. The summed E-state index contributed by atoms with van der Waals surface area (Å²) in [6.45, 7) is -0.841. The van der Waals surface area contributed by atoms with Gasteiger partial charge in [-0.05, 0) is 90.2 Å². The molecule has 0 spiro atoms. The van der Waals surface area contributed by atoms with Crippen LogP contribution >= 0.6 is 0 Å². The zero-order chi connectivity index (χ0) is 35.2. The molecule has 4 atom stereocenters. The molecule has 15 heteroatoms. The average Bonchev–Trinajstić information content (AvgIpc) is 3.62. The van der Waals surface area contributed by atoms with E-state index in [9.17, 15) is 51.2 Å². The maximum Gasteiger partial charge on any atom is 0.455 e. The van der Waals surface area contributed by atoms with Crippen molar-refractivity contribution in [3.05, 3.63) is 100 Å². The molecule has 0 unspecified atom stereocenters. The first-order valence-electron chi connectivity index (χ1n) is 15.5. The third-order valence-electron chi connectivity index (χ3n) is 9.30. The maximum absolute atomic E-state index is 13.9. The SMILES string of the molecule is O=C1[C@@H]2[C@@H](CC(CO)=C3[C@@H](CC/C(=C/c4ccc(CO)o4)c4ccccc4)OB(O)C[C@@H]32)C(=O)N1c1cc(C(F)(F)F)cc(C(F)(F)F)c1. The van der Waals surface area contributed by atoms with Crippen LogP contribution in [0.25, 0.3) is 11.6 Å². The first kappa shape index (κ1) is 34.7. The summed E-state index contributed by atoms with van der Waals surface area (Å²) in [6.07, 6.45) is -9.26. The number of allylic oxidation sites excluding steroid dienone is 1. The molecule has 3 N–H and O–H groups in total. The van der Waals surface area contributed by atoms with E-state index >= 15 is 0 Å². The van der Waals surface area contributed by atoms with Crippen LogP contribution in [-0.4, -0.2) is 46.9 Å². The molecule has 8 nitrogen and oxygen atoms in total. The number of hydrogen-bond acceptors (Lipinski definition) is 7. The lowest BCUT2D eigenvalue weighted by Crippen LogP contribution is -2.46. The van der Waals surface area contributed by atoms with Crippen molar-refractivity contribution in [3.63, 3.8) is 0 Å². The van der Waals surface area contributed by atoms with Gasteiger partial charge in [-0.25, -0.2) is 4.90 Å². The number of imide groups is 1. The van der Waals surface area contributed by atoms with E-state index < -0.39 is 78.6 Å². The van der Waals surface area contributed by atoms with Crippen LogP contribution in [0.15, 0.2) is 76.2 Å². The first-order valence-corrected chi connectivity index (χ1v) is 15.5. The number of aliphatic hydroxyl groups is 2. The highest BCUT2D eigenvalue weighted by Crippen LogP contribution is 2.52. The van der Waals surface area contributed by atoms with Crippen molar-refractivity contribution in [3.8, 4) is 0 Å². The Morgan fingerprint density at radius 2 is 1.57 bits per heavy atom. The smallest absolute Gasteiger partial charge is 0.455 e. The van der Waals surface area contributed by atoms with Crippen LogP contribution in [0.2, 0.25) is 6.32 Å². The van der Waals surface area contributed by atoms with Crippen LogP contribution < -0.4 is 4.90 Å². The molecule has 2 aliphatic heterocycles. The molecule has 0 bridgehead atoms. The largest absolute Gasteiger partial charge is 0.459 e. The van der Waals surface area contributed by atoms with E-state index in [4.69, 9.17) is 9.07 Å². The molecule has 6 rings (SSSR count). The van der Waals surface area contributed by atoms with Crippen LogP contribution in [0.3, 0.4) is 0 Å². The molecule has 3 heterocycles. The Labute approximate surface area is 276 Å². The van der Waals surface area contributed by atoms with Gasteiger partial charge in [-0.1, -0.05) is 30.3 Å². The van der Waals surface area contributed by atoms with Crippen LogP contribution in [0, 0.1) is 17.8 Å². The highest BCUT2D eigenvalue weighted by atomic mass is 19.4. The standard InChI is InChI=1S/C34H30BF6NO7/c36-33(37,38)21-12-22(34(39,40)41)14-23(13-21)42-31(45)26-11-20(16-43)29-27(30(26)32(42)46)15-35(47)49-28(29)9-6-19(18-4-2-1-3-5-18)10-24-7-8-25(17-44)48-24/h1-5,7-8,10,12-14,26-28,30,43-44,47H,6,9,11,15-17H2/b19-10-/t26-,27+,28-,30-/m1/s1. The van der Waals surface area contributed by atoms with Gasteiger partial charge in [0.05, 0.1) is 41.4 Å². The fourth-order valence-electron chi connectivity index (χ4n) is 7.20. The highest BCUT2D eigenvalue weighted by Gasteiger charge is 2.58. The molecular formula is C34H30BF6NO7. The van der Waals surface area contributed by atoms with E-state index in [0.29, 0.717) is 46.1 Å². The molecule has 1 aromatic heterocycles. The number of anilines is 1. The van der Waals surface area contributed by atoms with Crippen molar-refractivity contribution < 1.29 is 60.2 Å². The van der Waals surface area contributed by atoms with Gasteiger partial charge in [-0.3, -0.25) is 9.59 Å². The number of carbonyl (C=O) groups is 2. The lowest BCUT2D eigenvalue weighted by atomic mass is 9.58. The third kappa shape index (κ3) is 6.85. The molecular weight excluding hydrogens is 659 g/mol. The number of fused-ring (bicyclic) bond motifs is 3. The number of rotatable bonds is 8. The van der Waals surface area contributed by atoms with Crippen LogP contribution in [0.4, 0.5) is 32.0 Å². The summed E-state index contributed by atoms with van der Waals surface area (Å²) in [4.78, 5) is 27.9. The number of aliphatic hydroxyl groups excluding tert-OH is 2. The monoisotopic (exact) mass is 689 g/mol. The van der Waals surface area contributed by atoms with E-state index in [1.807, 2.05) is 30.3 Å². The lowest BCUT2D eigenvalue weighted by molar-refractivity contribution is -0.143. The summed E-state index contributed by atoms with van der Waals surface area (Å²) in [6, 6.07) is 13.2. The fourth-order valence-corrected chi connectivity index (χ4v) is 7.20. The van der Waals surface area contributed by atoms with Gasteiger partial charge in [0.1, 0.15) is 18.1 Å². The van der Waals surface area contributed by atoms with E-state index in [1.54, 1.807) is 18.2 Å². The van der Waals surface area contributed by atoms with Crippen LogP contribution in [0.1, 0.15) is 47.5 Å². The van der Waals surface area contributed by atoms with Crippen molar-refractivity contribution >= 4 is 36.3 Å². The topological polar surface area (TPSA) is 120 Å². The summed E-state index contributed by atoms with van der Waals surface area (Å²) < 4.78 is 93.4. The van der Waals surface area contributed by atoms with Crippen molar-refractivity contribution in [2.24, 2.45) is 17.8 Å². The molecule has 3 aromatic rings. The minimum Gasteiger partial charge on any atom is -0.459 e. The molecule has 1 aliphatic carbocycles. The van der Waals surface area contributed by atoms with Crippen LogP contribution in [0.5, 0.6) is 0 Å². The van der Waals surface area contributed by atoms with E-state index in [2.05, 4.69) is 0 Å². The molecule has 0 radical (unpaired) electrons. The quantitative estimate of drug-likeness (QED) is 0.113. The van der Waals surface area contributed by atoms with Gasteiger partial charge in [-0.2, -0.15) is 26.3 Å². The number of carbonyl (C=O) groups excluding carboxylic acids is 2. The Balaban J connectivity index is 1.33. The Morgan fingerprint density at radius 3 is 2.16 bits per heavy atom. The second kappa shape index (κ2) is 13.3. The zero-order valence-corrected chi connectivity index (χ0v) is 25.7. The summed E-state index contributed by atoms with van der Waals surface area (Å²) in [5, 5.41) is 30.6. The molecule has 49 heavy (non-hydrogen) atoms. The van der Waals surface area contributed by atoms with Gasteiger partial charge in [0.2, 0.25) is 11.8 Å². The maximum atomic E-state index is 13.9. The van der Waals surface area contributed by atoms with Crippen molar-refractivity contribution in [2.75, 3.05) is 11.5 Å². The number of amides is 2. The molecule has 2 fully saturated rings. The van der Waals surface area contributed by atoms with E-state index in [1.165, 1.54) is 0 Å². The summed E-state index contributed by atoms with van der Waals surface area (Å²) in [5.41, 5.74) is -1.74. The number of hydrogen-bond donors (Lipinski definition) is 3. The zero-order valence-electron chi connectivity index (χ0n) is 25.7. The van der Waals surface area contributed by atoms with Gasteiger partial charge >= 0.3 is 19.5 Å². The van der Waals surface area contributed by atoms with Crippen molar-refractivity contribution in [1.82, 2.24) is 0 Å². The number of benzene rings is 2. The number of alkyl halides is 6. The summed E-state index contributed by atoms with van der Waals surface area (Å²) in [7, 11) is -1.42. The number of nitrogens with zero attached hydrogens (tertiary/aromatic N) is 1. The fraction of sp³-hybridized carbons (Fsp3) is 0.353. The van der Waals surface area contributed by atoms with E-state index in [-0.39, 0.29) is 31.8 Å². The number of furan rings is 1. The van der Waals surface area contributed by atoms with Gasteiger partial charge in [-0.15, -0.1) is 0 Å². The molecule has 0 saturated carbocycles. The Morgan fingerprint density at radius 1 is 0.898 bits per heavy atom. The second-order valence-electron chi connectivity index (χ2n) is 12.3.